The molecule has 0 aromatic rings. The fourth-order valence-electron chi connectivity index (χ4n) is 1.65. The van der Waals surface area contributed by atoms with Crippen molar-refractivity contribution in [1.29, 1.82) is 0 Å². The van der Waals surface area contributed by atoms with Crippen molar-refractivity contribution >= 4 is 6.03 Å². The fourth-order valence-corrected chi connectivity index (χ4v) is 1.65. The van der Waals surface area contributed by atoms with Gasteiger partial charge in [-0.25, -0.2) is 4.79 Å². The first-order valence-electron chi connectivity index (χ1n) is 5.39. The van der Waals surface area contributed by atoms with Gasteiger partial charge in [0.1, 0.15) is 0 Å². The summed E-state index contributed by atoms with van der Waals surface area (Å²) < 4.78 is 0. The van der Waals surface area contributed by atoms with Crippen molar-refractivity contribution in [2.24, 2.45) is 0 Å². The number of nitrogens with one attached hydrogen (secondary N) is 2. The lowest BCUT2D eigenvalue weighted by Crippen LogP contribution is -2.48. The number of urea groups is 1. The smallest absolute Gasteiger partial charge is 0.317 e. The lowest BCUT2D eigenvalue weighted by molar-refractivity contribution is 0.181. The maximum Gasteiger partial charge on any atom is 0.317 e. The summed E-state index contributed by atoms with van der Waals surface area (Å²) in [7, 11) is 0. The summed E-state index contributed by atoms with van der Waals surface area (Å²) >= 11 is 0. The Kier molecular flexibility index (Phi) is 4.20. The van der Waals surface area contributed by atoms with Crippen LogP contribution >= 0.6 is 0 Å². The number of rotatable bonds is 1. The summed E-state index contributed by atoms with van der Waals surface area (Å²) in [6.07, 6.45) is 1.04. The summed E-state index contributed by atoms with van der Waals surface area (Å²) in [6, 6.07) is 0.568. The van der Waals surface area contributed by atoms with Crippen molar-refractivity contribution < 1.29 is 4.79 Å². The normalized spacial score (nSPS) is 23.4. The molecule has 1 unspecified atom stereocenters. The van der Waals surface area contributed by atoms with Gasteiger partial charge < -0.3 is 15.5 Å². The van der Waals surface area contributed by atoms with Crippen molar-refractivity contribution in [3.05, 3.63) is 0 Å². The van der Waals surface area contributed by atoms with Crippen LogP contribution in [0.5, 0.6) is 0 Å². The molecule has 0 bridgehead atoms. The van der Waals surface area contributed by atoms with Gasteiger partial charge in [-0.3, -0.25) is 0 Å². The zero-order valence-electron chi connectivity index (χ0n) is 9.34. The third kappa shape index (κ3) is 3.18. The SMILES string of the molecule is CC(C)NC(=O)N1CCCNCC1C. The van der Waals surface area contributed by atoms with Crippen LogP contribution in [-0.4, -0.2) is 42.6 Å². The molecule has 0 aromatic heterocycles. The van der Waals surface area contributed by atoms with E-state index in [1.165, 1.54) is 0 Å². The van der Waals surface area contributed by atoms with E-state index < -0.39 is 0 Å². The summed E-state index contributed by atoms with van der Waals surface area (Å²) in [5.41, 5.74) is 0. The highest BCUT2D eigenvalue weighted by atomic mass is 16.2. The highest BCUT2D eigenvalue weighted by Crippen LogP contribution is 2.04. The topological polar surface area (TPSA) is 44.4 Å². The molecule has 1 atom stereocenters. The second-order valence-corrected chi connectivity index (χ2v) is 4.20. The van der Waals surface area contributed by atoms with Gasteiger partial charge >= 0.3 is 6.03 Å². The number of hydrogen-bond donors (Lipinski definition) is 2. The molecule has 82 valence electrons. The van der Waals surface area contributed by atoms with Crippen LogP contribution in [0, 0.1) is 0 Å². The molecule has 0 radical (unpaired) electrons. The molecule has 4 heteroatoms. The molecule has 1 aliphatic rings. The monoisotopic (exact) mass is 199 g/mol. The first-order chi connectivity index (χ1) is 6.61. The van der Waals surface area contributed by atoms with Crippen LogP contribution in [-0.2, 0) is 0 Å². The van der Waals surface area contributed by atoms with Crippen molar-refractivity contribution in [3.63, 3.8) is 0 Å². The van der Waals surface area contributed by atoms with Crippen LogP contribution in [0.2, 0.25) is 0 Å². The summed E-state index contributed by atoms with van der Waals surface area (Å²) in [4.78, 5) is 13.7. The van der Waals surface area contributed by atoms with Crippen LogP contribution in [0.1, 0.15) is 27.2 Å². The Balaban J connectivity index is 2.50. The molecule has 14 heavy (non-hydrogen) atoms. The van der Waals surface area contributed by atoms with Gasteiger partial charge in [0.15, 0.2) is 0 Å². The molecule has 2 amide bonds. The Labute approximate surface area is 86.0 Å². The predicted molar refractivity (Wildman–Crippen MR) is 57.3 cm³/mol. The van der Waals surface area contributed by atoms with Crippen molar-refractivity contribution in [2.45, 2.75) is 39.3 Å². The van der Waals surface area contributed by atoms with Crippen molar-refractivity contribution in [2.75, 3.05) is 19.6 Å². The van der Waals surface area contributed by atoms with Crippen LogP contribution in [0.4, 0.5) is 4.79 Å². The second-order valence-electron chi connectivity index (χ2n) is 4.20. The van der Waals surface area contributed by atoms with Gasteiger partial charge in [0.25, 0.3) is 0 Å². The molecule has 0 spiro atoms. The molecule has 0 saturated carbocycles. The lowest BCUT2D eigenvalue weighted by Gasteiger charge is -2.27. The number of nitrogens with zero attached hydrogens (tertiary/aromatic N) is 1. The highest BCUT2D eigenvalue weighted by molar-refractivity contribution is 5.74. The Morgan fingerprint density at radius 3 is 2.93 bits per heavy atom. The van der Waals surface area contributed by atoms with E-state index in [-0.39, 0.29) is 18.1 Å². The van der Waals surface area contributed by atoms with Crippen LogP contribution in [0.15, 0.2) is 0 Å². The molecule has 1 heterocycles. The van der Waals surface area contributed by atoms with Gasteiger partial charge in [-0.1, -0.05) is 0 Å². The molecule has 1 aliphatic heterocycles. The van der Waals surface area contributed by atoms with E-state index in [4.69, 9.17) is 0 Å². The van der Waals surface area contributed by atoms with E-state index in [0.717, 1.165) is 26.1 Å². The summed E-state index contributed by atoms with van der Waals surface area (Å²) in [5, 5.41) is 6.24. The third-order valence-electron chi connectivity index (χ3n) is 2.40. The Bertz CT molecular complexity index is 194. The van der Waals surface area contributed by atoms with Crippen molar-refractivity contribution in [1.82, 2.24) is 15.5 Å². The standard InChI is InChI=1S/C10H21N3O/c1-8(2)12-10(14)13-6-4-5-11-7-9(13)3/h8-9,11H,4-7H2,1-3H3,(H,12,14). The fraction of sp³-hybridized carbons (Fsp3) is 0.900. The molecule has 1 saturated heterocycles. The van der Waals surface area contributed by atoms with Gasteiger partial charge in [0, 0.05) is 25.2 Å². The number of carbonyl (C=O) groups is 1. The molecule has 2 N–H and O–H groups in total. The molecule has 4 nitrogen and oxygen atoms in total. The highest BCUT2D eigenvalue weighted by Gasteiger charge is 2.21. The van der Waals surface area contributed by atoms with E-state index in [0.29, 0.717) is 0 Å². The molecule has 1 fully saturated rings. The molecular formula is C10H21N3O. The third-order valence-corrected chi connectivity index (χ3v) is 2.40. The first-order valence-corrected chi connectivity index (χ1v) is 5.39. The first kappa shape index (κ1) is 11.3. The second kappa shape index (κ2) is 5.20. The molecular weight excluding hydrogens is 178 g/mol. The molecule has 0 aromatic carbocycles. The van der Waals surface area contributed by atoms with E-state index in [1.54, 1.807) is 0 Å². The zero-order valence-corrected chi connectivity index (χ0v) is 9.34. The van der Waals surface area contributed by atoms with Gasteiger partial charge in [0.2, 0.25) is 0 Å². The number of carbonyl (C=O) groups excluding carboxylic acids is 1. The Hall–Kier alpha value is -0.770. The van der Waals surface area contributed by atoms with E-state index in [2.05, 4.69) is 17.6 Å². The number of amides is 2. The largest absolute Gasteiger partial charge is 0.336 e. The quantitative estimate of drug-likeness (QED) is 0.655. The van der Waals surface area contributed by atoms with Gasteiger partial charge in [-0.2, -0.15) is 0 Å². The zero-order chi connectivity index (χ0) is 10.6. The minimum absolute atomic E-state index is 0.0659. The van der Waals surface area contributed by atoms with Crippen LogP contribution in [0.25, 0.3) is 0 Å². The lowest BCUT2D eigenvalue weighted by atomic mass is 10.3. The minimum atomic E-state index is 0.0659. The van der Waals surface area contributed by atoms with Crippen LogP contribution < -0.4 is 10.6 Å². The van der Waals surface area contributed by atoms with Crippen molar-refractivity contribution in [3.8, 4) is 0 Å². The maximum absolute atomic E-state index is 11.8. The summed E-state index contributed by atoms with van der Waals surface area (Å²) in [6.45, 7) is 8.81. The molecule has 1 rings (SSSR count). The Morgan fingerprint density at radius 1 is 1.57 bits per heavy atom. The van der Waals surface area contributed by atoms with E-state index in [9.17, 15) is 4.79 Å². The number of hydrogen-bond acceptors (Lipinski definition) is 2. The maximum atomic E-state index is 11.8. The predicted octanol–water partition coefficient (Wildman–Crippen LogP) is 0.788. The Morgan fingerprint density at radius 2 is 2.29 bits per heavy atom. The minimum Gasteiger partial charge on any atom is -0.336 e. The van der Waals surface area contributed by atoms with Crippen LogP contribution in [0.3, 0.4) is 0 Å². The van der Waals surface area contributed by atoms with E-state index in [1.807, 2.05) is 18.7 Å². The molecule has 0 aliphatic carbocycles. The van der Waals surface area contributed by atoms with Gasteiger partial charge in [-0.05, 0) is 33.7 Å². The van der Waals surface area contributed by atoms with Gasteiger partial charge in [0.05, 0.1) is 0 Å². The average Bonchev–Trinajstić information content (AvgIpc) is 2.28. The van der Waals surface area contributed by atoms with E-state index >= 15 is 0 Å². The average molecular weight is 199 g/mol. The van der Waals surface area contributed by atoms with Gasteiger partial charge in [-0.15, -0.1) is 0 Å². The summed E-state index contributed by atoms with van der Waals surface area (Å²) in [5.74, 6) is 0.